The highest BCUT2D eigenvalue weighted by Gasteiger charge is 2.25. The average molecular weight is 385 g/mol. The summed E-state index contributed by atoms with van der Waals surface area (Å²) in [6, 6.07) is 14.3. The van der Waals surface area contributed by atoms with E-state index in [9.17, 15) is 8.42 Å². The van der Waals surface area contributed by atoms with Gasteiger partial charge in [-0.2, -0.15) is 0 Å². The maximum Gasteiger partial charge on any atom is 0.271 e. The van der Waals surface area contributed by atoms with Gasteiger partial charge in [-0.3, -0.25) is 0 Å². The van der Waals surface area contributed by atoms with E-state index in [2.05, 4.69) is 15.6 Å². The van der Waals surface area contributed by atoms with E-state index in [1.807, 2.05) is 37.3 Å². The van der Waals surface area contributed by atoms with Crippen LogP contribution < -0.4 is 10.6 Å². The van der Waals surface area contributed by atoms with Gasteiger partial charge in [-0.05, 0) is 63.0 Å². The summed E-state index contributed by atoms with van der Waals surface area (Å²) >= 11 is 0. The molecule has 0 saturated carbocycles. The molecule has 1 fully saturated rings. The molecule has 1 aliphatic heterocycles. The number of nitrogens with zero attached hydrogens (tertiary/aromatic N) is 2. The lowest BCUT2D eigenvalue weighted by atomic mass is 10.00. The van der Waals surface area contributed by atoms with Crippen molar-refractivity contribution in [2.45, 2.75) is 24.7 Å². The van der Waals surface area contributed by atoms with Crippen molar-refractivity contribution >= 4 is 27.0 Å². The minimum Gasteiger partial charge on any atom is -0.354 e. The van der Waals surface area contributed by atoms with E-state index >= 15 is 0 Å². The summed E-state index contributed by atoms with van der Waals surface area (Å²) in [6.45, 7) is 4.63. The Morgan fingerprint density at radius 3 is 2.70 bits per heavy atom. The fourth-order valence-electron chi connectivity index (χ4n) is 3.51. The smallest absolute Gasteiger partial charge is 0.271 e. The molecule has 2 heterocycles. The number of hydrogen-bond donors (Lipinski definition) is 2. The molecular weight excluding hydrogens is 360 g/mol. The van der Waals surface area contributed by atoms with E-state index < -0.39 is 10.0 Å². The number of imidazole rings is 1. The van der Waals surface area contributed by atoms with Crippen LogP contribution >= 0.6 is 0 Å². The number of aromatic nitrogens is 2. The van der Waals surface area contributed by atoms with Crippen LogP contribution in [-0.4, -0.2) is 37.0 Å². The molecule has 1 saturated heterocycles. The van der Waals surface area contributed by atoms with Gasteiger partial charge in [0.1, 0.15) is 0 Å². The summed E-state index contributed by atoms with van der Waals surface area (Å²) < 4.78 is 28.1. The van der Waals surface area contributed by atoms with Gasteiger partial charge < -0.3 is 10.6 Å². The Balaban J connectivity index is 1.74. The summed E-state index contributed by atoms with van der Waals surface area (Å²) in [7, 11) is -3.75. The third-order valence-electron chi connectivity index (χ3n) is 5.03. The fourth-order valence-corrected chi connectivity index (χ4v) is 4.95. The number of rotatable bonds is 5. The second-order valence-electron chi connectivity index (χ2n) is 7.10. The average Bonchev–Trinajstić information content (AvgIpc) is 3.07. The number of aryl methyl sites for hydroxylation is 1. The van der Waals surface area contributed by atoms with Gasteiger partial charge in [0.25, 0.3) is 10.0 Å². The number of hydrogen-bond acceptors (Lipinski definition) is 5. The number of anilines is 1. The molecule has 6 nitrogen and oxygen atoms in total. The van der Waals surface area contributed by atoms with Crippen LogP contribution in [0.2, 0.25) is 0 Å². The summed E-state index contributed by atoms with van der Waals surface area (Å²) in [4.78, 5) is 4.82. The van der Waals surface area contributed by atoms with Crippen molar-refractivity contribution < 1.29 is 8.42 Å². The lowest BCUT2D eigenvalue weighted by Crippen LogP contribution is -2.34. The van der Waals surface area contributed by atoms with Crippen LogP contribution in [0.3, 0.4) is 0 Å². The number of nitrogens with one attached hydrogen (secondary N) is 2. The first kappa shape index (κ1) is 18.0. The van der Waals surface area contributed by atoms with Gasteiger partial charge in [0, 0.05) is 6.54 Å². The molecule has 2 N–H and O–H groups in total. The molecule has 142 valence electrons. The van der Waals surface area contributed by atoms with Crippen molar-refractivity contribution in [2.75, 3.05) is 25.0 Å². The summed E-state index contributed by atoms with van der Waals surface area (Å²) in [6.07, 6.45) is 2.27. The first-order valence-corrected chi connectivity index (χ1v) is 10.7. The second-order valence-corrected chi connectivity index (χ2v) is 8.89. The number of benzene rings is 2. The van der Waals surface area contributed by atoms with Crippen molar-refractivity contribution in [3.05, 3.63) is 54.1 Å². The van der Waals surface area contributed by atoms with Gasteiger partial charge in [0.05, 0.1) is 15.9 Å². The van der Waals surface area contributed by atoms with Gasteiger partial charge in [0.2, 0.25) is 5.95 Å². The minimum absolute atomic E-state index is 0.263. The van der Waals surface area contributed by atoms with Crippen molar-refractivity contribution in [3.8, 4) is 0 Å². The number of piperidine rings is 1. The van der Waals surface area contributed by atoms with E-state index in [0.29, 0.717) is 29.4 Å². The zero-order valence-electron chi connectivity index (χ0n) is 15.4. The highest BCUT2D eigenvalue weighted by Crippen LogP contribution is 2.26. The van der Waals surface area contributed by atoms with E-state index in [1.165, 1.54) is 3.97 Å². The van der Waals surface area contributed by atoms with Gasteiger partial charge in [-0.25, -0.2) is 17.4 Å². The molecule has 3 aromatic rings. The van der Waals surface area contributed by atoms with Gasteiger partial charge >= 0.3 is 0 Å². The largest absolute Gasteiger partial charge is 0.354 e. The quantitative estimate of drug-likeness (QED) is 0.707. The van der Waals surface area contributed by atoms with Crippen LogP contribution in [0.4, 0.5) is 5.95 Å². The second kappa shape index (κ2) is 7.32. The van der Waals surface area contributed by atoms with Crippen LogP contribution in [-0.2, 0) is 10.0 Å². The SMILES string of the molecule is Cc1ccc(S(=O)(=O)n2c(NC[C@H]3CCCNC3)nc3ccccc32)cc1. The number of para-hydroxylation sites is 2. The third kappa shape index (κ3) is 3.57. The summed E-state index contributed by atoms with van der Waals surface area (Å²) in [5, 5.41) is 6.68. The van der Waals surface area contributed by atoms with Crippen molar-refractivity contribution in [1.82, 2.24) is 14.3 Å². The first-order chi connectivity index (χ1) is 13.1. The summed E-state index contributed by atoms with van der Waals surface area (Å²) in [5.74, 6) is 0.844. The Hall–Kier alpha value is -2.38. The van der Waals surface area contributed by atoms with E-state index in [1.54, 1.807) is 18.2 Å². The monoisotopic (exact) mass is 384 g/mol. The predicted molar refractivity (Wildman–Crippen MR) is 108 cm³/mol. The topological polar surface area (TPSA) is 76.0 Å². The van der Waals surface area contributed by atoms with Gasteiger partial charge in [-0.1, -0.05) is 29.8 Å². The Morgan fingerprint density at radius 1 is 1.19 bits per heavy atom. The van der Waals surface area contributed by atoms with Crippen LogP contribution in [0.25, 0.3) is 11.0 Å². The molecule has 27 heavy (non-hydrogen) atoms. The highest BCUT2D eigenvalue weighted by atomic mass is 32.2. The molecule has 0 unspecified atom stereocenters. The molecule has 7 heteroatoms. The first-order valence-electron chi connectivity index (χ1n) is 9.30. The lowest BCUT2D eigenvalue weighted by Gasteiger charge is -2.23. The third-order valence-corrected chi connectivity index (χ3v) is 6.74. The molecule has 4 rings (SSSR count). The standard InChI is InChI=1S/C20H24N4O2S/c1-15-8-10-17(11-9-15)27(25,26)24-19-7-3-2-6-18(19)23-20(24)22-14-16-5-4-12-21-13-16/h2-3,6-11,16,21H,4-5,12-14H2,1H3,(H,22,23)/t16-/m0/s1. The van der Waals surface area contributed by atoms with Crippen molar-refractivity contribution in [3.63, 3.8) is 0 Å². The Kier molecular flexibility index (Phi) is 4.88. The number of fused-ring (bicyclic) bond motifs is 1. The molecule has 0 radical (unpaired) electrons. The lowest BCUT2D eigenvalue weighted by molar-refractivity contribution is 0.392. The van der Waals surface area contributed by atoms with E-state index in [4.69, 9.17) is 0 Å². The van der Waals surface area contributed by atoms with Crippen molar-refractivity contribution in [1.29, 1.82) is 0 Å². The molecule has 1 aliphatic rings. The normalized spacial score (nSPS) is 17.9. The molecule has 0 bridgehead atoms. The Morgan fingerprint density at radius 2 is 1.96 bits per heavy atom. The molecule has 2 aromatic carbocycles. The summed E-state index contributed by atoms with van der Waals surface area (Å²) in [5.41, 5.74) is 2.27. The molecule has 1 atom stereocenters. The van der Waals surface area contributed by atoms with Crippen LogP contribution in [0.1, 0.15) is 18.4 Å². The Labute approximate surface area is 159 Å². The maximum atomic E-state index is 13.4. The predicted octanol–water partition coefficient (Wildman–Crippen LogP) is 2.99. The molecule has 1 aromatic heterocycles. The van der Waals surface area contributed by atoms with Gasteiger partial charge in [0.15, 0.2) is 0 Å². The molecule has 0 aliphatic carbocycles. The fraction of sp³-hybridized carbons (Fsp3) is 0.350. The van der Waals surface area contributed by atoms with Crippen LogP contribution in [0.15, 0.2) is 53.4 Å². The van der Waals surface area contributed by atoms with Gasteiger partial charge in [-0.15, -0.1) is 0 Å². The molecule has 0 spiro atoms. The minimum atomic E-state index is -3.75. The zero-order valence-corrected chi connectivity index (χ0v) is 16.2. The highest BCUT2D eigenvalue weighted by molar-refractivity contribution is 7.90. The van der Waals surface area contributed by atoms with Crippen LogP contribution in [0.5, 0.6) is 0 Å². The molecular formula is C20H24N4O2S. The molecule has 0 amide bonds. The van der Waals surface area contributed by atoms with Crippen molar-refractivity contribution in [2.24, 2.45) is 5.92 Å². The van der Waals surface area contributed by atoms with E-state index in [0.717, 1.165) is 31.5 Å². The zero-order chi connectivity index (χ0) is 18.9. The van der Waals surface area contributed by atoms with Crippen LogP contribution in [0, 0.1) is 12.8 Å². The Bertz CT molecular complexity index is 1040. The maximum absolute atomic E-state index is 13.4. The van der Waals surface area contributed by atoms with E-state index in [-0.39, 0.29) is 4.90 Å².